The number of nitro benzene ring substituents is 1. The van der Waals surface area contributed by atoms with E-state index in [1.165, 1.54) is 18.2 Å². The maximum Gasteiger partial charge on any atom is 0.311 e. The highest BCUT2D eigenvalue weighted by Crippen LogP contribution is 2.19. The van der Waals surface area contributed by atoms with Crippen molar-refractivity contribution in [2.45, 2.75) is 6.42 Å². The lowest BCUT2D eigenvalue weighted by Gasteiger charge is -2.17. The molecule has 1 fully saturated rings. The number of hydrazine groups is 1. The minimum Gasteiger partial charge on any atom is -0.455 e. The number of hydrogen-bond donors (Lipinski definition) is 2. The fourth-order valence-electron chi connectivity index (χ4n) is 2.91. The van der Waals surface area contributed by atoms with Crippen LogP contribution in [0.3, 0.4) is 0 Å². The molecule has 1 aliphatic rings. The summed E-state index contributed by atoms with van der Waals surface area (Å²) in [6.45, 7) is -0.683. The van der Waals surface area contributed by atoms with Gasteiger partial charge in [0.2, 0.25) is 5.91 Å². The number of nitro groups is 1. The molecule has 0 saturated carbocycles. The number of hydrogen-bond acceptors (Lipinski definition) is 7. The molecule has 2 aromatic rings. The second-order valence-electron chi connectivity index (χ2n) is 6.82. The van der Waals surface area contributed by atoms with E-state index in [0.717, 1.165) is 17.1 Å². The van der Waals surface area contributed by atoms with E-state index in [-0.39, 0.29) is 24.2 Å². The van der Waals surface area contributed by atoms with Gasteiger partial charge in [-0.2, -0.15) is 0 Å². The van der Waals surface area contributed by atoms with Crippen LogP contribution >= 0.6 is 11.6 Å². The van der Waals surface area contributed by atoms with Crippen LogP contribution in [0.1, 0.15) is 16.8 Å². The van der Waals surface area contributed by atoms with Gasteiger partial charge in [0.25, 0.3) is 17.5 Å². The molecular formula is C20H17ClN4O7. The normalized spacial score (nSPS) is 15.2. The number of nitrogens with one attached hydrogen (secondary N) is 2. The molecule has 0 unspecified atom stereocenters. The summed E-state index contributed by atoms with van der Waals surface area (Å²) >= 11 is 5.83. The van der Waals surface area contributed by atoms with Crippen molar-refractivity contribution in [3.63, 3.8) is 0 Å². The number of ether oxygens (including phenoxy) is 1. The summed E-state index contributed by atoms with van der Waals surface area (Å²) in [5, 5.41) is 14.6. The number of benzene rings is 2. The summed E-state index contributed by atoms with van der Waals surface area (Å²) in [5.74, 6) is -3.37. The summed E-state index contributed by atoms with van der Waals surface area (Å²) in [4.78, 5) is 58.6. The monoisotopic (exact) mass is 460 g/mol. The fourth-order valence-corrected chi connectivity index (χ4v) is 3.10. The number of halogens is 1. The number of nitrogens with zero attached hydrogens (tertiary/aromatic N) is 2. The molecule has 0 radical (unpaired) electrons. The standard InChI is InChI=1S/C20H17ClN4O7/c21-14-2-1-3-15(9-14)22-17(26)11-32-20(29)13-8-18(27)24(10-13)23-19(28)12-4-6-16(7-5-12)25(30)31/h1-7,9,13H,8,10-11H2,(H,22,26)(H,23,28)/t13-/m0/s1. The first-order chi connectivity index (χ1) is 15.2. The molecule has 0 aliphatic carbocycles. The minimum absolute atomic E-state index is 0.104. The van der Waals surface area contributed by atoms with Gasteiger partial charge in [0.1, 0.15) is 0 Å². The molecule has 32 heavy (non-hydrogen) atoms. The highest BCUT2D eigenvalue weighted by Gasteiger charge is 2.36. The van der Waals surface area contributed by atoms with Crippen LogP contribution in [-0.4, -0.2) is 46.8 Å². The van der Waals surface area contributed by atoms with Crippen LogP contribution in [0, 0.1) is 16.0 Å². The van der Waals surface area contributed by atoms with Gasteiger partial charge in [0, 0.05) is 34.8 Å². The number of amides is 3. The highest BCUT2D eigenvalue weighted by atomic mass is 35.5. The molecule has 166 valence electrons. The van der Waals surface area contributed by atoms with E-state index in [1.807, 2.05) is 0 Å². The van der Waals surface area contributed by atoms with Crippen molar-refractivity contribution in [2.24, 2.45) is 5.92 Å². The van der Waals surface area contributed by atoms with Gasteiger partial charge in [-0.15, -0.1) is 0 Å². The lowest BCUT2D eigenvalue weighted by molar-refractivity contribution is -0.384. The summed E-state index contributed by atoms with van der Waals surface area (Å²) < 4.78 is 4.97. The van der Waals surface area contributed by atoms with Crippen LogP contribution in [0.4, 0.5) is 11.4 Å². The SMILES string of the molecule is O=C(COC(=O)[C@H]1CC(=O)N(NC(=O)c2ccc([N+](=O)[O-])cc2)C1)Nc1cccc(Cl)c1. The third-order valence-electron chi connectivity index (χ3n) is 4.49. The Morgan fingerprint density at radius 2 is 1.91 bits per heavy atom. The van der Waals surface area contributed by atoms with Crippen LogP contribution < -0.4 is 10.7 Å². The molecule has 1 saturated heterocycles. The zero-order valence-corrected chi connectivity index (χ0v) is 17.2. The van der Waals surface area contributed by atoms with E-state index < -0.39 is 41.1 Å². The van der Waals surface area contributed by atoms with Gasteiger partial charge in [0.05, 0.1) is 17.4 Å². The minimum atomic E-state index is -0.862. The summed E-state index contributed by atoms with van der Waals surface area (Å²) in [6.07, 6.45) is -0.199. The lowest BCUT2D eigenvalue weighted by atomic mass is 10.1. The molecule has 0 bridgehead atoms. The van der Waals surface area contributed by atoms with Gasteiger partial charge < -0.3 is 10.1 Å². The van der Waals surface area contributed by atoms with Crippen LogP contribution in [0.2, 0.25) is 5.02 Å². The Bertz CT molecular complexity index is 1070. The quantitative estimate of drug-likeness (QED) is 0.364. The predicted octanol–water partition coefficient (Wildman–Crippen LogP) is 1.92. The number of carbonyl (C=O) groups is 4. The molecule has 1 aliphatic heterocycles. The van der Waals surface area contributed by atoms with Crippen LogP contribution in [0.25, 0.3) is 0 Å². The zero-order valence-electron chi connectivity index (χ0n) is 16.4. The van der Waals surface area contributed by atoms with Crippen molar-refractivity contribution in [2.75, 3.05) is 18.5 Å². The first-order valence-electron chi connectivity index (χ1n) is 9.31. The lowest BCUT2D eigenvalue weighted by Crippen LogP contribution is -2.43. The van der Waals surface area contributed by atoms with E-state index >= 15 is 0 Å². The topological polar surface area (TPSA) is 148 Å². The van der Waals surface area contributed by atoms with E-state index in [9.17, 15) is 29.3 Å². The molecule has 12 heteroatoms. The van der Waals surface area contributed by atoms with Crippen molar-refractivity contribution < 1.29 is 28.8 Å². The first-order valence-corrected chi connectivity index (χ1v) is 9.68. The molecular weight excluding hydrogens is 444 g/mol. The van der Waals surface area contributed by atoms with Crippen molar-refractivity contribution in [3.05, 3.63) is 69.2 Å². The Morgan fingerprint density at radius 1 is 1.19 bits per heavy atom. The average Bonchev–Trinajstić information content (AvgIpc) is 3.12. The third kappa shape index (κ3) is 5.79. The maximum atomic E-state index is 12.3. The summed E-state index contributed by atoms with van der Waals surface area (Å²) in [7, 11) is 0. The first kappa shape index (κ1) is 22.7. The maximum absolute atomic E-state index is 12.3. The van der Waals surface area contributed by atoms with Crippen molar-refractivity contribution in [3.8, 4) is 0 Å². The Labute approximate surface area is 186 Å². The van der Waals surface area contributed by atoms with Gasteiger partial charge in [-0.1, -0.05) is 17.7 Å². The molecule has 1 atom stereocenters. The van der Waals surface area contributed by atoms with Gasteiger partial charge in [-0.25, -0.2) is 0 Å². The number of non-ortho nitro benzene ring substituents is 1. The van der Waals surface area contributed by atoms with Crippen LogP contribution in [0.15, 0.2) is 48.5 Å². The molecule has 0 spiro atoms. The summed E-state index contributed by atoms with van der Waals surface area (Å²) in [5.41, 5.74) is 2.72. The zero-order chi connectivity index (χ0) is 23.3. The molecule has 0 aromatic heterocycles. The Kier molecular flexibility index (Phi) is 7.00. The van der Waals surface area contributed by atoms with E-state index in [4.69, 9.17) is 16.3 Å². The smallest absolute Gasteiger partial charge is 0.311 e. The van der Waals surface area contributed by atoms with Crippen LogP contribution in [0.5, 0.6) is 0 Å². The average molecular weight is 461 g/mol. The van der Waals surface area contributed by atoms with Gasteiger partial charge in [-0.3, -0.25) is 39.7 Å². The van der Waals surface area contributed by atoms with Crippen molar-refractivity contribution in [1.29, 1.82) is 0 Å². The highest BCUT2D eigenvalue weighted by molar-refractivity contribution is 6.30. The number of anilines is 1. The van der Waals surface area contributed by atoms with E-state index in [2.05, 4.69) is 10.7 Å². The van der Waals surface area contributed by atoms with Gasteiger partial charge in [0.15, 0.2) is 6.61 Å². The van der Waals surface area contributed by atoms with Crippen molar-refractivity contribution >= 4 is 46.7 Å². The Morgan fingerprint density at radius 3 is 2.56 bits per heavy atom. The van der Waals surface area contributed by atoms with Gasteiger partial charge in [-0.05, 0) is 30.3 Å². The Hall–Kier alpha value is -3.99. The molecule has 11 nitrogen and oxygen atoms in total. The molecule has 2 aromatic carbocycles. The number of carbonyl (C=O) groups excluding carboxylic acids is 4. The Balaban J connectivity index is 1.48. The van der Waals surface area contributed by atoms with Crippen LogP contribution in [-0.2, 0) is 19.1 Å². The second-order valence-corrected chi connectivity index (χ2v) is 7.25. The van der Waals surface area contributed by atoms with E-state index in [1.54, 1.807) is 18.2 Å². The predicted molar refractivity (Wildman–Crippen MR) is 111 cm³/mol. The largest absolute Gasteiger partial charge is 0.455 e. The third-order valence-corrected chi connectivity index (χ3v) is 4.72. The molecule has 2 N–H and O–H groups in total. The number of rotatable bonds is 7. The fraction of sp³-hybridized carbons (Fsp3) is 0.200. The second kappa shape index (κ2) is 9.88. The molecule has 3 amide bonds. The molecule has 3 rings (SSSR count). The summed E-state index contributed by atoms with van der Waals surface area (Å²) in [6, 6.07) is 11.3. The van der Waals surface area contributed by atoms with Crippen molar-refractivity contribution in [1.82, 2.24) is 10.4 Å². The van der Waals surface area contributed by atoms with E-state index in [0.29, 0.717) is 10.7 Å². The number of esters is 1. The molecule has 1 heterocycles. The van der Waals surface area contributed by atoms with Gasteiger partial charge >= 0.3 is 5.97 Å².